The molecule has 5 heteroatoms. The zero-order chi connectivity index (χ0) is 13.4. The Morgan fingerprint density at radius 1 is 1.39 bits per heavy atom. The highest BCUT2D eigenvalue weighted by Crippen LogP contribution is 2.19. The van der Waals surface area contributed by atoms with Crippen LogP contribution in [0.1, 0.15) is 43.0 Å². The summed E-state index contributed by atoms with van der Waals surface area (Å²) in [5, 5.41) is 9.11. The number of hydrogen-bond acceptors (Lipinski definition) is 3. The summed E-state index contributed by atoms with van der Waals surface area (Å²) in [6.45, 7) is 3.06. The van der Waals surface area contributed by atoms with Crippen molar-refractivity contribution in [1.82, 2.24) is 4.90 Å². The van der Waals surface area contributed by atoms with E-state index in [2.05, 4.69) is 6.92 Å². The maximum atomic E-state index is 12.2. The van der Waals surface area contributed by atoms with Crippen LogP contribution in [0.5, 0.6) is 0 Å². The SMILES string of the molecule is CCCCCCN(CCO)C(=O)c1ccoc1Cl. The van der Waals surface area contributed by atoms with Crippen LogP contribution < -0.4 is 0 Å². The number of aliphatic hydroxyl groups excluding tert-OH is 1. The molecule has 0 aliphatic rings. The standard InChI is InChI=1S/C13H20ClNO3/c1-2-3-4-5-7-15(8-9-16)13(17)11-6-10-18-12(11)14/h6,10,16H,2-5,7-9H2,1H3. The fraction of sp³-hybridized carbons (Fsp3) is 0.615. The van der Waals surface area contributed by atoms with Gasteiger partial charge in [0.15, 0.2) is 0 Å². The third-order valence-electron chi connectivity index (χ3n) is 2.79. The monoisotopic (exact) mass is 273 g/mol. The topological polar surface area (TPSA) is 53.7 Å². The van der Waals surface area contributed by atoms with Crippen molar-refractivity contribution in [2.24, 2.45) is 0 Å². The van der Waals surface area contributed by atoms with Gasteiger partial charge in [-0.15, -0.1) is 0 Å². The van der Waals surface area contributed by atoms with Crippen molar-refractivity contribution in [3.8, 4) is 0 Å². The van der Waals surface area contributed by atoms with E-state index < -0.39 is 0 Å². The van der Waals surface area contributed by atoms with Crippen LogP contribution >= 0.6 is 11.6 Å². The lowest BCUT2D eigenvalue weighted by Crippen LogP contribution is -2.34. The maximum absolute atomic E-state index is 12.2. The summed E-state index contributed by atoms with van der Waals surface area (Å²) in [7, 11) is 0. The number of aliphatic hydroxyl groups is 1. The van der Waals surface area contributed by atoms with Gasteiger partial charge in [-0.3, -0.25) is 4.79 Å². The summed E-state index contributed by atoms with van der Waals surface area (Å²) >= 11 is 5.79. The fourth-order valence-electron chi connectivity index (χ4n) is 1.78. The van der Waals surface area contributed by atoms with E-state index >= 15 is 0 Å². The van der Waals surface area contributed by atoms with E-state index in [4.69, 9.17) is 21.1 Å². The van der Waals surface area contributed by atoms with Crippen molar-refractivity contribution < 1.29 is 14.3 Å². The Labute approximate surface area is 113 Å². The largest absolute Gasteiger partial charge is 0.452 e. The van der Waals surface area contributed by atoms with E-state index in [1.165, 1.54) is 6.26 Å². The minimum Gasteiger partial charge on any atom is -0.452 e. The van der Waals surface area contributed by atoms with Gasteiger partial charge in [0.25, 0.3) is 5.91 Å². The second-order valence-corrected chi connectivity index (χ2v) is 4.53. The minimum absolute atomic E-state index is 0.0466. The molecule has 1 amide bonds. The van der Waals surface area contributed by atoms with Gasteiger partial charge in [0.1, 0.15) is 0 Å². The molecule has 0 unspecified atom stereocenters. The molecule has 102 valence electrons. The molecule has 0 saturated heterocycles. The molecule has 0 radical (unpaired) electrons. The van der Waals surface area contributed by atoms with Crippen molar-refractivity contribution >= 4 is 17.5 Å². The summed E-state index contributed by atoms with van der Waals surface area (Å²) in [5.74, 6) is -0.181. The Hall–Kier alpha value is -1.00. The average Bonchev–Trinajstić information content (AvgIpc) is 2.78. The van der Waals surface area contributed by atoms with E-state index in [0.717, 1.165) is 25.7 Å². The molecule has 0 aliphatic heterocycles. The van der Waals surface area contributed by atoms with E-state index in [-0.39, 0.29) is 17.7 Å². The Kier molecular flexibility index (Phi) is 6.83. The molecule has 1 N–H and O–H groups in total. The van der Waals surface area contributed by atoms with E-state index in [9.17, 15) is 4.79 Å². The van der Waals surface area contributed by atoms with Gasteiger partial charge in [-0.25, -0.2) is 0 Å². The highest BCUT2D eigenvalue weighted by molar-refractivity contribution is 6.32. The van der Waals surface area contributed by atoms with Crippen LogP contribution in [0.25, 0.3) is 0 Å². The second-order valence-electron chi connectivity index (χ2n) is 4.18. The van der Waals surface area contributed by atoms with Crippen LogP contribution in [0.2, 0.25) is 5.22 Å². The number of nitrogens with zero attached hydrogens (tertiary/aromatic N) is 1. The molecule has 0 aliphatic carbocycles. The Balaban J connectivity index is 2.55. The molecule has 1 aromatic rings. The Morgan fingerprint density at radius 2 is 2.17 bits per heavy atom. The molecular formula is C13H20ClNO3. The van der Waals surface area contributed by atoms with Gasteiger partial charge in [-0.2, -0.15) is 0 Å². The van der Waals surface area contributed by atoms with Gasteiger partial charge in [-0.05, 0) is 24.1 Å². The summed E-state index contributed by atoms with van der Waals surface area (Å²) in [6, 6.07) is 1.56. The first-order chi connectivity index (χ1) is 8.70. The summed E-state index contributed by atoms with van der Waals surface area (Å²) in [5.41, 5.74) is 0.362. The molecule has 1 aromatic heterocycles. The molecule has 18 heavy (non-hydrogen) atoms. The van der Waals surface area contributed by atoms with Crippen LogP contribution in [-0.4, -0.2) is 35.6 Å². The maximum Gasteiger partial charge on any atom is 0.258 e. The quantitative estimate of drug-likeness (QED) is 0.741. The van der Waals surface area contributed by atoms with Gasteiger partial charge in [0.2, 0.25) is 5.22 Å². The Bertz CT molecular complexity index is 365. The minimum atomic E-state index is -0.181. The molecule has 0 saturated carbocycles. The predicted octanol–water partition coefficient (Wildman–Crippen LogP) is 2.95. The number of carbonyl (C=O) groups excluding carboxylic acids is 1. The van der Waals surface area contributed by atoms with Crippen molar-refractivity contribution in [1.29, 1.82) is 0 Å². The smallest absolute Gasteiger partial charge is 0.258 e. The number of carbonyl (C=O) groups is 1. The molecule has 0 fully saturated rings. The summed E-state index contributed by atoms with van der Waals surface area (Å²) < 4.78 is 4.91. The lowest BCUT2D eigenvalue weighted by molar-refractivity contribution is 0.0718. The third-order valence-corrected chi connectivity index (χ3v) is 3.08. The lowest BCUT2D eigenvalue weighted by atomic mass is 10.2. The first-order valence-corrected chi connectivity index (χ1v) is 6.71. The number of hydrogen-bond donors (Lipinski definition) is 1. The zero-order valence-corrected chi connectivity index (χ0v) is 11.4. The van der Waals surface area contributed by atoms with Crippen molar-refractivity contribution in [2.45, 2.75) is 32.6 Å². The zero-order valence-electron chi connectivity index (χ0n) is 10.7. The number of amides is 1. The van der Waals surface area contributed by atoms with Crippen LogP contribution in [-0.2, 0) is 0 Å². The first kappa shape index (κ1) is 15.1. The van der Waals surface area contributed by atoms with Crippen molar-refractivity contribution in [2.75, 3.05) is 19.7 Å². The van der Waals surface area contributed by atoms with Gasteiger partial charge in [-0.1, -0.05) is 26.2 Å². The molecule has 0 bridgehead atoms. The van der Waals surface area contributed by atoms with Crippen LogP contribution in [0.15, 0.2) is 16.7 Å². The molecule has 4 nitrogen and oxygen atoms in total. The number of unbranched alkanes of at least 4 members (excludes halogenated alkanes) is 3. The molecular weight excluding hydrogens is 254 g/mol. The average molecular weight is 274 g/mol. The molecule has 0 aromatic carbocycles. The van der Waals surface area contributed by atoms with Crippen molar-refractivity contribution in [3.05, 3.63) is 23.1 Å². The first-order valence-electron chi connectivity index (χ1n) is 6.33. The highest BCUT2D eigenvalue weighted by Gasteiger charge is 2.19. The van der Waals surface area contributed by atoms with Crippen LogP contribution in [0.4, 0.5) is 0 Å². The highest BCUT2D eigenvalue weighted by atomic mass is 35.5. The second kappa shape index (κ2) is 8.16. The van der Waals surface area contributed by atoms with Gasteiger partial charge < -0.3 is 14.4 Å². The molecule has 1 heterocycles. The molecule has 1 rings (SSSR count). The van der Waals surface area contributed by atoms with E-state index in [1.807, 2.05) is 0 Å². The van der Waals surface area contributed by atoms with Gasteiger partial charge in [0.05, 0.1) is 18.4 Å². The van der Waals surface area contributed by atoms with Gasteiger partial charge >= 0.3 is 0 Å². The van der Waals surface area contributed by atoms with E-state index in [1.54, 1.807) is 11.0 Å². The predicted molar refractivity (Wildman–Crippen MR) is 70.8 cm³/mol. The molecule has 0 spiro atoms. The van der Waals surface area contributed by atoms with E-state index in [0.29, 0.717) is 18.7 Å². The van der Waals surface area contributed by atoms with Crippen molar-refractivity contribution in [3.63, 3.8) is 0 Å². The molecule has 0 atom stereocenters. The van der Waals surface area contributed by atoms with Gasteiger partial charge in [0, 0.05) is 13.1 Å². The third kappa shape index (κ3) is 4.35. The Morgan fingerprint density at radius 3 is 2.72 bits per heavy atom. The van der Waals surface area contributed by atoms with Crippen LogP contribution in [0, 0.1) is 0 Å². The van der Waals surface area contributed by atoms with Crippen LogP contribution in [0.3, 0.4) is 0 Å². The summed E-state index contributed by atoms with van der Waals surface area (Å²) in [4.78, 5) is 13.8. The number of furan rings is 1. The fourth-order valence-corrected chi connectivity index (χ4v) is 1.98. The normalized spacial score (nSPS) is 10.6. The number of rotatable bonds is 8. The lowest BCUT2D eigenvalue weighted by Gasteiger charge is -2.21. The number of halogens is 1. The summed E-state index contributed by atoms with van der Waals surface area (Å²) in [6.07, 6.45) is 5.73.